The molecule has 112 valence electrons. The van der Waals surface area contributed by atoms with E-state index in [-0.39, 0.29) is 22.4 Å². The van der Waals surface area contributed by atoms with E-state index in [2.05, 4.69) is 4.98 Å². The van der Waals surface area contributed by atoms with Crippen LogP contribution >= 0.6 is 0 Å². The quantitative estimate of drug-likeness (QED) is 0.691. The Bertz CT molecular complexity index is 865. The predicted octanol–water partition coefficient (Wildman–Crippen LogP) is 4.37. The molecule has 22 heavy (non-hydrogen) atoms. The number of hydrogen-bond donors (Lipinski definition) is 2. The zero-order chi connectivity index (χ0) is 15.9. The topological polar surface area (TPSA) is 53.1 Å². The minimum Gasteiger partial charge on any atom is -0.505 e. The van der Waals surface area contributed by atoms with Crippen molar-refractivity contribution in [2.45, 2.75) is 6.18 Å². The van der Waals surface area contributed by atoms with Crippen LogP contribution in [0, 0.1) is 0 Å². The van der Waals surface area contributed by atoms with Crippen LogP contribution in [0.15, 0.2) is 42.6 Å². The average molecular weight is 305 g/mol. The molecule has 3 aromatic rings. The molecular weight excluding hydrogens is 295 g/mol. The van der Waals surface area contributed by atoms with Gasteiger partial charge in [-0.05, 0) is 17.7 Å². The number of halogens is 3. The Morgan fingerprint density at radius 1 is 1.05 bits per heavy atom. The number of H-pyrrole nitrogens is 1. The second kappa shape index (κ2) is 4.91. The zero-order valence-electron chi connectivity index (χ0n) is 11.1. The zero-order valence-corrected chi connectivity index (χ0v) is 11.1. The van der Waals surface area contributed by atoms with Crippen molar-refractivity contribution in [3.8, 4) is 16.9 Å². The minimum atomic E-state index is -4.53. The number of fused-ring (bicyclic) bond motifs is 1. The summed E-state index contributed by atoms with van der Waals surface area (Å²) < 4.78 is 39.3. The molecule has 3 nitrogen and oxygen atoms in total. The van der Waals surface area contributed by atoms with Crippen LogP contribution in [0.3, 0.4) is 0 Å². The third-order valence-corrected chi connectivity index (χ3v) is 3.51. The van der Waals surface area contributed by atoms with Crippen LogP contribution in [-0.4, -0.2) is 16.4 Å². The lowest BCUT2D eigenvalue weighted by molar-refractivity contribution is -0.137. The first-order chi connectivity index (χ1) is 10.4. The summed E-state index contributed by atoms with van der Waals surface area (Å²) in [5.41, 5.74) is -0.319. The van der Waals surface area contributed by atoms with Gasteiger partial charge in [0, 0.05) is 22.7 Å². The summed E-state index contributed by atoms with van der Waals surface area (Å²) in [7, 11) is 0. The highest BCUT2D eigenvalue weighted by molar-refractivity contribution is 6.02. The van der Waals surface area contributed by atoms with Crippen molar-refractivity contribution >= 4 is 17.2 Å². The fraction of sp³-hybridized carbons (Fsp3) is 0.0625. The first-order valence-corrected chi connectivity index (χ1v) is 6.38. The molecule has 0 aliphatic heterocycles. The highest BCUT2D eigenvalue weighted by Gasteiger charge is 2.34. The van der Waals surface area contributed by atoms with E-state index in [9.17, 15) is 23.1 Å². The Kier molecular flexibility index (Phi) is 3.16. The van der Waals surface area contributed by atoms with Crippen LogP contribution in [0.1, 0.15) is 15.9 Å². The fourth-order valence-corrected chi connectivity index (χ4v) is 2.49. The molecule has 0 fully saturated rings. The molecule has 1 aromatic heterocycles. The van der Waals surface area contributed by atoms with Gasteiger partial charge < -0.3 is 10.1 Å². The van der Waals surface area contributed by atoms with E-state index in [1.165, 1.54) is 36.5 Å². The number of rotatable bonds is 2. The summed E-state index contributed by atoms with van der Waals surface area (Å²) in [5.74, 6) is -0.317. The summed E-state index contributed by atoms with van der Waals surface area (Å²) >= 11 is 0. The van der Waals surface area contributed by atoms with Gasteiger partial charge in [-0.3, -0.25) is 4.79 Å². The van der Waals surface area contributed by atoms with Crippen molar-refractivity contribution < 1.29 is 23.1 Å². The van der Waals surface area contributed by atoms with E-state index >= 15 is 0 Å². The van der Waals surface area contributed by atoms with Crippen molar-refractivity contribution in [2.75, 3.05) is 0 Å². The molecule has 0 aliphatic rings. The molecule has 0 amide bonds. The van der Waals surface area contributed by atoms with Gasteiger partial charge in [0.2, 0.25) is 0 Å². The number of hydrogen-bond acceptors (Lipinski definition) is 2. The average Bonchev–Trinajstić information content (AvgIpc) is 2.91. The molecule has 0 atom stereocenters. The van der Waals surface area contributed by atoms with Crippen molar-refractivity contribution in [1.82, 2.24) is 4.98 Å². The number of aromatic hydroxyl groups is 1. The summed E-state index contributed by atoms with van der Waals surface area (Å²) in [6.07, 6.45) is -2.51. The molecule has 2 aromatic carbocycles. The van der Waals surface area contributed by atoms with Crippen LogP contribution in [0.4, 0.5) is 13.2 Å². The summed E-state index contributed by atoms with van der Waals surface area (Å²) in [6, 6.07) is 7.92. The van der Waals surface area contributed by atoms with Gasteiger partial charge in [0.05, 0.1) is 11.1 Å². The molecular formula is C16H10F3NO2. The van der Waals surface area contributed by atoms with Gasteiger partial charge in [-0.25, -0.2) is 0 Å². The lowest BCUT2D eigenvalue weighted by Crippen LogP contribution is -2.06. The number of carbonyl (C=O) groups excluding carboxylic acids is 1. The standard InChI is InChI=1S/C16H10F3NO2/c17-16(18,19)13-4-2-1-3-11(13)12-6-5-10-9(8-21)7-20-14(10)15(12)22/h1-8,20,22H. The maximum absolute atomic E-state index is 13.1. The second-order valence-corrected chi connectivity index (χ2v) is 4.79. The first-order valence-electron chi connectivity index (χ1n) is 6.38. The Hall–Kier alpha value is -2.76. The van der Waals surface area contributed by atoms with Crippen LogP contribution < -0.4 is 0 Å². The van der Waals surface area contributed by atoms with E-state index in [1.54, 1.807) is 0 Å². The van der Waals surface area contributed by atoms with E-state index in [4.69, 9.17) is 0 Å². The van der Waals surface area contributed by atoms with Gasteiger partial charge in [-0.15, -0.1) is 0 Å². The van der Waals surface area contributed by atoms with Crippen LogP contribution in [0.5, 0.6) is 5.75 Å². The highest BCUT2D eigenvalue weighted by Crippen LogP contribution is 2.42. The lowest BCUT2D eigenvalue weighted by atomic mass is 9.97. The smallest absolute Gasteiger partial charge is 0.417 e. The third-order valence-electron chi connectivity index (χ3n) is 3.51. The van der Waals surface area contributed by atoms with Gasteiger partial charge in [0.15, 0.2) is 6.29 Å². The maximum Gasteiger partial charge on any atom is 0.417 e. The normalized spacial score (nSPS) is 11.8. The number of phenolic OH excluding ortho intramolecular Hbond substituents is 1. The summed E-state index contributed by atoms with van der Waals surface area (Å²) in [6.45, 7) is 0. The molecule has 1 heterocycles. The number of nitrogens with one attached hydrogen (secondary N) is 1. The van der Waals surface area contributed by atoms with E-state index in [1.807, 2.05) is 0 Å². The van der Waals surface area contributed by atoms with Gasteiger partial charge >= 0.3 is 6.18 Å². The van der Waals surface area contributed by atoms with E-state index in [0.717, 1.165) is 6.07 Å². The SMILES string of the molecule is O=Cc1c[nH]c2c(O)c(-c3ccccc3C(F)(F)F)ccc12. The number of alkyl halides is 3. The second-order valence-electron chi connectivity index (χ2n) is 4.79. The number of benzene rings is 2. The summed E-state index contributed by atoms with van der Waals surface area (Å²) in [4.78, 5) is 13.6. The Morgan fingerprint density at radius 2 is 1.77 bits per heavy atom. The number of phenols is 1. The number of aromatic amines is 1. The van der Waals surface area contributed by atoms with Crippen molar-refractivity contribution in [1.29, 1.82) is 0 Å². The highest BCUT2D eigenvalue weighted by atomic mass is 19.4. The number of aromatic nitrogens is 1. The van der Waals surface area contributed by atoms with Gasteiger partial charge in [-0.1, -0.05) is 24.3 Å². The summed E-state index contributed by atoms with van der Waals surface area (Å²) in [5, 5.41) is 10.7. The Balaban J connectivity index is 2.28. The van der Waals surface area contributed by atoms with Crippen molar-refractivity contribution in [3.63, 3.8) is 0 Å². The fourth-order valence-electron chi connectivity index (χ4n) is 2.49. The molecule has 0 bridgehead atoms. The molecule has 2 N–H and O–H groups in total. The van der Waals surface area contributed by atoms with Gasteiger partial charge in [0.1, 0.15) is 5.75 Å². The van der Waals surface area contributed by atoms with Gasteiger partial charge in [-0.2, -0.15) is 13.2 Å². The first kappa shape index (κ1) is 14.2. The molecule has 0 unspecified atom stereocenters. The molecule has 6 heteroatoms. The van der Waals surface area contributed by atoms with Crippen LogP contribution in [0.25, 0.3) is 22.0 Å². The Morgan fingerprint density at radius 3 is 2.45 bits per heavy atom. The van der Waals surface area contributed by atoms with Gasteiger partial charge in [0.25, 0.3) is 0 Å². The molecule has 0 spiro atoms. The van der Waals surface area contributed by atoms with Crippen LogP contribution in [-0.2, 0) is 6.18 Å². The molecule has 0 aliphatic carbocycles. The monoisotopic (exact) mass is 305 g/mol. The van der Waals surface area contributed by atoms with E-state index in [0.29, 0.717) is 17.2 Å². The Labute approximate surface area is 123 Å². The predicted molar refractivity (Wildman–Crippen MR) is 75.8 cm³/mol. The largest absolute Gasteiger partial charge is 0.505 e. The molecule has 0 saturated carbocycles. The van der Waals surface area contributed by atoms with E-state index < -0.39 is 11.7 Å². The minimum absolute atomic E-state index is 0.0553. The third kappa shape index (κ3) is 2.13. The van der Waals surface area contributed by atoms with Crippen molar-refractivity contribution in [3.05, 3.63) is 53.7 Å². The molecule has 3 rings (SSSR count). The van der Waals surface area contributed by atoms with Crippen molar-refractivity contribution in [2.24, 2.45) is 0 Å². The molecule has 0 saturated heterocycles. The number of carbonyl (C=O) groups is 1. The van der Waals surface area contributed by atoms with Crippen LogP contribution in [0.2, 0.25) is 0 Å². The maximum atomic E-state index is 13.1. The number of aldehydes is 1. The lowest BCUT2D eigenvalue weighted by Gasteiger charge is -2.14. The molecule has 0 radical (unpaired) electrons.